The zero-order valence-corrected chi connectivity index (χ0v) is 12.2. The molecule has 2 saturated heterocycles. The first-order chi connectivity index (χ1) is 8.83. The van der Waals surface area contributed by atoms with Gasteiger partial charge < -0.3 is 15.0 Å². The van der Waals surface area contributed by atoms with E-state index >= 15 is 0 Å². The molecule has 2 rings (SSSR count). The summed E-state index contributed by atoms with van der Waals surface area (Å²) in [7, 11) is 0. The Bertz CT molecular complexity index is 229. The summed E-state index contributed by atoms with van der Waals surface area (Å²) in [6.45, 7) is 10.4. The third-order valence-corrected chi connectivity index (χ3v) is 4.61. The Kier molecular flexibility index (Phi) is 5.93. The largest absolute Gasteiger partial charge is 0.378 e. The highest BCUT2D eigenvalue weighted by Crippen LogP contribution is 2.23. The lowest BCUT2D eigenvalue weighted by atomic mass is 9.95. The van der Waals surface area contributed by atoms with Gasteiger partial charge in [0.25, 0.3) is 0 Å². The number of ether oxygens (including phenoxy) is 1. The van der Waals surface area contributed by atoms with Crippen molar-refractivity contribution >= 4 is 0 Å². The quantitative estimate of drug-likeness (QED) is 0.814. The summed E-state index contributed by atoms with van der Waals surface area (Å²) < 4.78 is 5.80. The maximum absolute atomic E-state index is 5.80. The van der Waals surface area contributed by atoms with Crippen LogP contribution in [0.5, 0.6) is 0 Å². The van der Waals surface area contributed by atoms with E-state index in [9.17, 15) is 0 Å². The van der Waals surface area contributed by atoms with E-state index in [0.717, 1.165) is 18.6 Å². The van der Waals surface area contributed by atoms with Crippen molar-refractivity contribution in [2.75, 3.05) is 32.8 Å². The number of piperidine rings is 1. The Morgan fingerprint density at radius 3 is 2.83 bits per heavy atom. The van der Waals surface area contributed by atoms with Gasteiger partial charge in [-0.05, 0) is 57.7 Å². The van der Waals surface area contributed by atoms with E-state index in [4.69, 9.17) is 4.74 Å². The van der Waals surface area contributed by atoms with Crippen LogP contribution in [0.3, 0.4) is 0 Å². The molecule has 3 nitrogen and oxygen atoms in total. The molecule has 0 aromatic heterocycles. The van der Waals surface area contributed by atoms with Crippen LogP contribution in [-0.2, 0) is 4.74 Å². The Morgan fingerprint density at radius 1 is 1.28 bits per heavy atom. The first-order valence-corrected chi connectivity index (χ1v) is 7.89. The summed E-state index contributed by atoms with van der Waals surface area (Å²) in [6, 6.07) is 0.760. The highest BCUT2D eigenvalue weighted by molar-refractivity contribution is 4.81. The Hall–Kier alpha value is -0.120. The molecule has 2 heterocycles. The predicted octanol–water partition coefficient (Wildman–Crippen LogP) is 2.27. The summed E-state index contributed by atoms with van der Waals surface area (Å²) >= 11 is 0. The Labute approximate surface area is 112 Å². The Morgan fingerprint density at radius 2 is 2.17 bits per heavy atom. The highest BCUT2D eigenvalue weighted by Gasteiger charge is 2.27. The summed E-state index contributed by atoms with van der Waals surface area (Å²) in [5.74, 6) is 0.863. The van der Waals surface area contributed by atoms with Crippen molar-refractivity contribution in [3.05, 3.63) is 0 Å². The van der Waals surface area contributed by atoms with Gasteiger partial charge in [-0.15, -0.1) is 0 Å². The number of nitrogens with zero attached hydrogens (tertiary/aromatic N) is 1. The van der Waals surface area contributed by atoms with Gasteiger partial charge in [0.05, 0.1) is 6.10 Å². The van der Waals surface area contributed by atoms with Crippen molar-refractivity contribution in [1.29, 1.82) is 0 Å². The van der Waals surface area contributed by atoms with Crippen LogP contribution in [-0.4, -0.2) is 49.8 Å². The van der Waals surface area contributed by atoms with E-state index in [-0.39, 0.29) is 0 Å². The first kappa shape index (κ1) is 14.3. The molecule has 18 heavy (non-hydrogen) atoms. The van der Waals surface area contributed by atoms with Crippen LogP contribution in [0.1, 0.15) is 46.0 Å². The molecule has 0 amide bonds. The van der Waals surface area contributed by atoms with Gasteiger partial charge in [-0.25, -0.2) is 0 Å². The van der Waals surface area contributed by atoms with Crippen LogP contribution in [0.25, 0.3) is 0 Å². The molecule has 2 aliphatic rings. The smallest absolute Gasteiger partial charge is 0.0587 e. The molecule has 0 radical (unpaired) electrons. The molecular weight excluding hydrogens is 224 g/mol. The maximum atomic E-state index is 5.80. The van der Waals surface area contributed by atoms with Crippen LogP contribution in [0.4, 0.5) is 0 Å². The average Bonchev–Trinajstić information content (AvgIpc) is 2.46. The van der Waals surface area contributed by atoms with Gasteiger partial charge >= 0.3 is 0 Å². The van der Waals surface area contributed by atoms with Gasteiger partial charge in [-0.2, -0.15) is 0 Å². The van der Waals surface area contributed by atoms with E-state index in [1.54, 1.807) is 0 Å². The van der Waals surface area contributed by atoms with E-state index in [0.29, 0.717) is 6.10 Å². The number of hydrogen-bond acceptors (Lipinski definition) is 3. The third-order valence-electron chi connectivity index (χ3n) is 4.61. The molecule has 1 N–H and O–H groups in total. The molecule has 0 aliphatic carbocycles. The van der Waals surface area contributed by atoms with Crippen LogP contribution < -0.4 is 5.32 Å². The average molecular weight is 254 g/mol. The molecule has 0 aromatic carbocycles. The lowest BCUT2D eigenvalue weighted by Gasteiger charge is -2.39. The van der Waals surface area contributed by atoms with Gasteiger partial charge in [-0.1, -0.05) is 13.8 Å². The van der Waals surface area contributed by atoms with Crippen molar-refractivity contribution in [1.82, 2.24) is 10.2 Å². The lowest BCUT2D eigenvalue weighted by Crippen LogP contribution is -2.46. The second kappa shape index (κ2) is 7.46. The summed E-state index contributed by atoms with van der Waals surface area (Å²) in [5.41, 5.74) is 0. The predicted molar refractivity (Wildman–Crippen MR) is 75.9 cm³/mol. The Balaban J connectivity index is 1.82. The number of rotatable bonds is 5. The molecule has 106 valence electrons. The number of hydrogen-bond donors (Lipinski definition) is 1. The van der Waals surface area contributed by atoms with E-state index in [2.05, 4.69) is 24.1 Å². The fraction of sp³-hybridized carbons (Fsp3) is 1.00. The number of nitrogens with one attached hydrogen (secondary N) is 1. The van der Waals surface area contributed by atoms with E-state index in [1.807, 2.05) is 0 Å². The molecule has 0 spiro atoms. The van der Waals surface area contributed by atoms with Crippen molar-refractivity contribution in [3.63, 3.8) is 0 Å². The summed E-state index contributed by atoms with van der Waals surface area (Å²) in [5, 5.41) is 3.54. The van der Waals surface area contributed by atoms with Crippen molar-refractivity contribution < 1.29 is 4.74 Å². The summed E-state index contributed by atoms with van der Waals surface area (Å²) in [4.78, 5) is 2.71. The van der Waals surface area contributed by atoms with Crippen molar-refractivity contribution in [2.24, 2.45) is 5.92 Å². The van der Waals surface area contributed by atoms with Crippen LogP contribution in [0.15, 0.2) is 0 Å². The zero-order valence-electron chi connectivity index (χ0n) is 12.2. The second-order valence-electron chi connectivity index (χ2n) is 5.88. The topological polar surface area (TPSA) is 24.5 Å². The van der Waals surface area contributed by atoms with Crippen LogP contribution in [0.2, 0.25) is 0 Å². The van der Waals surface area contributed by atoms with E-state index < -0.39 is 0 Å². The molecule has 3 unspecified atom stereocenters. The van der Waals surface area contributed by atoms with Gasteiger partial charge in [0.1, 0.15) is 0 Å². The highest BCUT2D eigenvalue weighted by atomic mass is 16.5. The molecule has 0 saturated carbocycles. The van der Waals surface area contributed by atoms with Gasteiger partial charge in [0.2, 0.25) is 0 Å². The van der Waals surface area contributed by atoms with E-state index in [1.165, 1.54) is 58.3 Å². The second-order valence-corrected chi connectivity index (χ2v) is 5.88. The molecule has 0 bridgehead atoms. The van der Waals surface area contributed by atoms with Crippen molar-refractivity contribution in [3.8, 4) is 0 Å². The fourth-order valence-electron chi connectivity index (χ4n) is 3.42. The summed E-state index contributed by atoms with van der Waals surface area (Å²) in [6.07, 6.45) is 6.90. The maximum Gasteiger partial charge on any atom is 0.0587 e. The fourth-order valence-corrected chi connectivity index (χ4v) is 3.42. The molecule has 3 atom stereocenters. The zero-order chi connectivity index (χ0) is 12.8. The minimum Gasteiger partial charge on any atom is -0.378 e. The minimum atomic E-state index is 0.502. The lowest BCUT2D eigenvalue weighted by molar-refractivity contribution is -0.0306. The molecule has 3 heteroatoms. The minimum absolute atomic E-state index is 0.502. The van der Waals surface area contributed by atoms with Crippen molar-refractivity contribution in [2.45, 2.75) is 58.1 Å². The first-order valence-electron chi connectivity index (χ1n) is 7.89. The van der Waals surface area contributed by atoms with Crippen LogP contribution in [0, 0.1) is 5.92 Å². The molecule has 2 aliphatic heterocycles. The SMILES string of the molecule is CCC1CC(N(CC)CC2CCCNC2)CCO1. The normalized spacial score (nSPS) is 33.8. The van der Waals surface area contributed by atoms with Gasteiger partial charge in [0, 0.05) is 19.2 Å². The monoisotopic (exact) mass is 254 g/mol. The van der Waals surface area contributed by atoms with Crippen LogP contribution >= 0.6 is 0 Å². The molecular formula is C15H30N2O. The molecule has 0 aromatic rings. The molecule has 2 fully saturated rings. The standard InChI is InChI=1S/C15H30N2O/c1-3-15-10-14(7-9-18-15)17(4-2)12-13-6-5-8-16-11-13/h13-16H,3-12H2,1-2H3. The third kappa shape index (κ3) is 3.94. The van der Waals surface area contributed by atoms with Gasteiger partial charge in [0.15, 0.2) is 0 Å². The van der Waals surface area contributed by atoms with Gasteiger partial charge in [-0.3, -0.25) is 0 Å².